The van der Waals surface area contributed by atoms with Crippen LogP contribution in [-0.4, -0.2) is 17.3 Å². The molecule has 4 heteroatoms. The van der Waals surface area contributed by atoms with Crippen LogP contribution in [0.3, 0.4) is 0 Å². The minimum atomic E-state index is 0.0187. The van der Waals surface area contributed by atoms with Crippen LogP contribution in [0.4, 0.5) is 0 Å². The molecule has 0 radical (unpaired) electrons. The number of amides is 1. The number of β-lactam (4-membered cyclic amide) rings is 1. The van der Waals surface area contributed by atoms with E-state index in [1.54, 1.807) is 11.8 Å². The Hall–Kier alpha value is -1.00. The molecule has 2 fully saturated rings. The number of rotatable bonds is 1. The van der Waals surface area contributed by atoms with Gasteiger partial charge in [0.15, 0.2) is 0 Å². The average molecular weight is 206 g/mol. The molecule has 0 spiro atoms. The summed E-state index contributed by atoms with van der Waals surface area (Å²) < 4.78 is 0. The van der Waals surface area contributed by atoms with Crippen LogP contribution in [0, 0.1) is 0 Å². The number of carbonyl (C=O) groups is 1. The van der Waals surface area contributed by atoms with Crippen LogP contribution < -0.4 is 10.6 Å². The highest BCUT2D eigenvalue weighted by molar-refractivity contribution is 8.00. The Balaban J connectivity index is 1.80. The number of fused-ring (bicyclic) bond motifs is 1. The quantitative estimate of drug-likeness (QED) is 0.669. The third-order valence-corrected chi connectivity index (χ3v) is 3.95. The lowest BCUT2D eigenvalue weighted by Gasteiger charge is -2.28. The fraction of sp³-hybridized carbons (Fsp3) is 0.300. The Morgan fingerprint density at radius 3 is 2.64 bits per heavy atom. The van der Waals surface area contributed by atoms with E-state index in [4.69, 9.17) is 0 Å². The first-order chi connectivity index (χ1) is 6.84. The van der Waals surface area contributed by atoms with Gasteiger partial charge in [-0.1, -0.05) is 30.3 Å². The monoisotopic (exact) mass is 206 g/mol. The molecule has 72 valence electrons. The highest BCUT2D eigenvalue weighted by Crippen LogP contribution is 2.40. The van der Waals surface area contributed by atoms with E-state index in [9.17, 15) is 4.79 Å². The minimum absolute atomic E-state index is 0.0187. The van der Waals surface area contributed by atoms with Crippen LogP contribution >= 0.6 is 11.8 Å². The van der Waals surface area contributed by atoms with Crippen LogP contribution in [-0.2, 0) is 4.79 Å². The number of benzene rings is 1. The van der Waals surface area contributed by atoms with Crippen molar-refractivity contribution in [3.8, 4) is 0 Å². The van der Waals surface area contributed by atoms with Crippen molar-refractivity contribution in [3.63, 3.8) is 0 Å². The standard InChI is InChI=1S/C10H10N2OS/c13-8-7-10(12-8)14-9(11-7)6-4-2-1-3-5-6/h1-5,7,9-11H,(H,12,13). The van der Waals surface area contributed by atoms with Crippen molar-refractivity contribution in [1.82, 2.24) is 10.6 Å². The fourth-order valence-electron chi connectivity index (χ4n) is 1.78. The normalized spacial score (nSPS) is 34.6. The largest absolute Gasteiger partial charge is 0.341 e. The van der Waals surface area contributed by atoms with Crippen molar-refractivity contribution in [2.24, 2.45) is 0 Å². The predicted molar refractivity (Wildman–Crippen MR) is 55.6 cm³/mol. The van der Waals surface area contributed by atoms with Gasteiger partial charge in [-0.05, 0) is 5.56 Å². The molecule has 2 saturated heterocycles. The summed E-state index contributed by atoms with van der Waals surface area (Å²) in [5.74, 6) is 0.126. The van der Waals surface area contributed by atoms with E-state index < -0.39 is 0 Å². The van der Waals surface area contributed by atoms with Crippen molar-refractivity contribution < 1.29 is 4.79 Å². The summed E-state index contributed by atoms with van der Waals surface area (Å²) in [7, 11) is 0. The van der Waals surface area contributed by atoms with E-state index in [1.165, 1.54) is 5.56 Å². The first kappa shape index (κ1) is 8.32. The molecule has 3 nitrogen and oxygen atoms in total. The van der Waals surface area contributed by atoms with Crippen molar-refractivity contribution >= 4 is 17.7 Å². The topological polar surface area (TPSA) is 41.1 Å². The van der Waals surface area contributed by atoms with Gasteiger partial charge in [-0.15, -0.1) is 11.8 Å². The molecule has 2 heterocycles. The number of nitrogens with one attached hydrogen (secondary N) is 2. The first-order valence-corrected chi connectivity index (χ1v) is 5.56. The summed E-state index contributed by atoms with van der Waals surface area (Å²) in [6.45, 7) is 0. The molecule has 14 heavy (non-hydrogen) atoms. The summed E-state index contributed by atoms with van der Waals surface area (Å²) in [4.78, 5) is 11.1. The SMILES string of the molecule is O=C1NC2SC(c3ccccc3)NC12. The average Bonchev–Trinajstić information content (AvgIpc) is 2.57. The molecule has 2 aliphatic rings. The number of carbonyl (C=O) groups excluding carboxylic acids is 1. The van der Waals surface area contributed by atoms with Gasteiger partial charge in [0.25, 0.3) is 0 Å². The van der Waals surface area contributed by atoms with Crippen LogP contribution in [0.25, 0.3) is 0 Å². The van der Waals surface area contributed by atoms with Crippen LogP contribution in [0.5, 0.6) is 0 Å². The molecule has 0 bridgehead atoms. The smallest absolute Gasteiger partial charge is 0.241 e. The van der Waals surface area contributed by atoms with Gasteiger partial charge in [0.1, 0.15) is 11.4 Å². The lowest BCUT2D eigenvalue weighted by Crippen LogP contribution is -2.62. The van der Waals surface area contributed by atoms with Gasteiger partial charge in [-0.3, -0.25) is 10.1 Å². The van der Waals surface area contributed by atoms with Gasteiger partial charge < -0.3 is 5.32 Å². The van der Waals surface area contributed by atoms with E-state index in [0.29, 0.717) is 0 Å². The third-order valence-electron chi connectivity index (χ3n) is 2.59. The van der Waals surface area contributed by atoms with Crippen molar-refractivity contribution in [2.75, 3.05) is 0 Å². The Morgan fingerprint density at radius 1 is 1.21 bits per heavy atom. The van der Waals surface area contributed by atoms with Crippen molar-refractivity contribution in [1.29, 1.82) is 0 Å². The number of thioether (sulfide) groups is 1. The van der Waals surface area contributed by atoms with E-state index >= 15 is 0 Å². The lowest BCUT2D eigenvalue weighted by molar-refractivity contribution is -0.128. The van der Waals surface area contributed by atoms with E-state index in [0.717, 1.165) is 0 Å². The summed E-state index contributed by atoms with van der Waals surface area (Å²) in [6, 6.07) is 10.2. The predicted octanol–water partition coefficient (Wildman–Crippen LogP) is 0.846. The van der Waals surface area contributed by atoms with Crippen LogP contribution in [0.1, 0.15) is 10.9 Å². The third kappa shape index (κ3) is 1.14. The maximum atomic E-state index is 11.1. The Labute approximate surface area is 86.3 Å². The zero-order chi connectivity index (χ0) is 9.54. The van der Waals surface area contributed by atoms with Gasteiger partial charge in [0.2, 0.25) is 5.91 Å². The number of hydrogen-bond acceptors (Lipinski definition) is 3. The molecule has 0 saturated carbocycles. The molecule has 2 N–H and O–H groups in total. The zero-order valence-corrected chi connectivity index (χ0v) is 8.25. The van der Waals surface area contributed by atoms with Crippen molar-refractivity contribution in [2.45, 2.75) is 16.8 Å². The maximum Gasteiger partial charge on any atom is 0.241 e. The highest BCUT2D eigenvalue weighted by Gasteiger charge is 2.47. The molecule has 3 atom stereocenters. The van der Waals surface area contributed by atoms with Crippen LogP contribution in [0.2, 0.25) is 0 Å². The molecular weight excluding hydrogens is 196 g/mol. The summed E-state index contributed by atoms with van der Waals surface area (Å²) in [5.41, 5.74) is 1.24. The molecule has 1 aromatic rings. The Kier molecular flexibility index (Phi) is 1.78. The van der Waals surface area contributed by atoms with Gasteiger partial charge in [-0.25, -0.2) is 0 Å². The molecular formula is C10H10N2OS. The van der Waals surface area contributed by atoms with Crippen LogP contribution in [0.15, 0.2) is 30.3 Å². The second kappa shape index (κ2) is 3.00. The fourth-order valence-corrected chi connectivity index (χ4v) is 3.16. The van der Waals surface area contributed by atoms with Gasteiger partial charge in [-0.2, -0.15) is 0 Å². The molecule has 3 rings (SSSR count). The molecule has 2 aliphatic heterocycles. The van der Waals surface area contributed by atoms with Gasteiger partial charge >= 0.3 is 0 Å². The maximum absolute atomic E-state index is 11.1. The molecule has 3 unspecified atom stereocenters. The lowest BCUT2D eigenvalue weighted by atomic mass is 10.1. The summed E-state index contributed by atoms with van der Waals surface area (Å²) >= 11 is 1.77. The highest BCUT2D eigenvalue weighted by atomic mass is 32.2. The molecule has 1 aromatic carbocycles. The Bertz CT molecular complexity index is 368. The van der Waals surface area contributed by atoms with Gasteiger partial charge in [0, 0.05) is 0 Å². The molecule has 1 amide bonds. The molecule has 0 aromatic heterocycles. The summed E-state index contributed by atoms with van der Waals surface area (Å²) in [6.07, 6.45) is 0. The second-order valence-electron chi connectivity index (χ2n) is 3.50. The number of hydrogen-bond donors (Lipinski definition) is 2. The van der Waals surface area contributed by atoms with Gasteiger partial charge in [0.05, 0.1) is 5.37 Å². The van der Waals surface area contributed by atoms with Crippen molar-refractivity contribution in [3.05, 3.63) is 35.9 Å². The van der Waals surface area contributed by atoms with E-state index in [1.807, 2.05) is 18.2 Å². The van der Waals surface area contributed by atoms with E-state index in [2.05, 4.69) is 22.8 Å². The molecule has 0 aliphatic carbocycles. The first-order valence-electron chi connectivity index (χ1n) is 4.61. The minimum Gasteiger partial charge on any atom is -0.341 e. The summed E-state index contributed by atoms with van der Waals surface area (Å²) in [5, 5.41) is 6.70. The second-order valence-corrected chi connectivity index (χ2v) is 4.75. The zero-order valence-electron chi connectivity index (χ0n) is 7.44. The van der Waals surface area contributed by atoms with E-state index in [-0.39, 0.29) is 22.7 Å². The Morgan fingerprint density at radius 2 is 2.00 bits per heavy atom.